The Kier molecular flexibility index (Phi) is 6.56. The van der Waals surface area contributed by atoms with Crippen molar-refractivity contribution in [2.45, 2.75) is 46.6 Å². The monoisotopic (exact) mass is 277 g/mol. The van der Waals surface area contributed by atoms with Gasteiger partial charge in [-0.05, 0) is 42.9 Å². The Morgan fingerprint density at radius 1 is 1.15 bits per heavy atom. The van der Waals surface area contributed by atoms with Crippen LogP contribution in [0.15, 0.2) is 24.3 Å². The molecule has 0 spiro atoms. The average Bonchev–Trinajstić information content (AvgIpc) is 2.36. The van der Waals surface area contributed by atoms with Crippen LogP contribution in [0.25, 0.3) is 0 Å². The maximum Gasteiger partial charge on any atom is 0.337 e. The third-order valence-corrected chi connectivity index (χ3v) is 3.17. The lowest BCUT2D eigenvalue weighted by Gasteiger charge is -2.23. The van der Waals surface area contributed by atoms with Gasteiger partial charge in [0, 0.05) is 11.7 Å². The molecule has 0 saturated carbocycles. The molecule has 1 N–H and O–H groups in total. The molecule has 1 aromatic carbocycles. The van der Waals surface area contributed by atoms with Gasteiger partial charge < -0.3 is 10.1 Å². The van der Waals surface area contributed by atoms with Crippen molar-refractivity contribution in [1.29, 1.82) is 0 Å². The van der Waals surface area contributed by atoms with Crippen LogP contribution in [0.1, 0.15) is 50.9 Å². The molecule has 0 bridgehead atoms. The summed E-state index contributed by atoms with van der Waals surface area (Å²) in [5.74, 6) is 1.00. The Bertz CT molecular complexity index is 417. The molecule has 3 nitrogen and oxygen atoms in total. The second kappa shape index (κ2) is 7.93. The predicted octanol–water partition coefficient (Wildman–Crippen LogP) is 4.35. The topological polar surface area (TPSA) is 38.3 Å². The molecule has 0 aliphatic carbocycles. The van der Waals surface area contributed by atoms with E-state index >= 15 is 0 Å². The molecule has 0 radical (unpaired) electrons. The fraction of sp³-hybridized carbons (Fsp3) is 0.588. The highest BCUT2D eigenvalue weighted by molar-refractivity contribution is 5.90. The van der Waals surface area contributed by atoms with Crippen molar-refractivity contribution >= 4 is 11.7 Å². The van der Waals surface area contributed by atoms with E-state index < -0.39 is 0 Å². The molecule has 0 aliphatic heterocycles. The normalized spacial score (nSPS) is 11.2. The van der Waals surface area contributed by atoms with Crippen LogP contribution in [0.5, 0.6) is 0 Å². The smallest absolute Gasteiger partial charge is 0.337 e. The first-order chi connectivity index (χ1) is 9.42. The van der Waals surface area contributed by atoms with Crippen molar-refractivity contribution in [2.24, 2.45) is 11.8 Å². The first kappa shape index (κ1) is 16.5. The van der Waals surface area contributed by atoms with Crippen molar-refractivity contribution in [1.82, 2.24) is 0 Å². The van der Waals surface area contributed by atoms with Crippen molar-refractivity contribution in [2.75, 3.05) is 12.4 Å². The lowest BCUT2D eigenvalue weighted by atomic mass is 9.95. The van der Waals surface area contributed by atoms with Crippen molar-refractivity contribution in [3.63, 3.8) is 0 Å². The third kappa shape index (κ3) is 5.64. The van der Waals surface area contributed by atoms with Crippen molar-refractivity contribution < 1.29 is 9.53 Å². The van der Waals surface area contributed by atoms with Gasteiger partial charge in [0.05, 0.1) is 12.7 Å². The number of rotatable bonds is 7. The highest BCUT2D eigenvalue weighted by Gasteiger charge is 2.14. The Labute approximate surface area is 122 Å². The number of ether oxygens (including phenoxy) is 1. The number of carbonyl (C=O) groups is 1. The number of esters is 1. The molecular formula is C17H27NO2. The number of anilines is 1. The lowest BCUT2D eigenvalue weighted by molar-refractivity contribution is 0.0601. The first-order valence-corrected chi connectivity index (χ1v) is 7.37. The molecule has 1 rings (SSSR count). The average molecular weight is 277 g/mol. The minimum Gasteiger partial charge on any atom is -0.465 e. The van der Waals surface area contributed by atoms with Gasteiger partial charge in [-0.1, -0.05) is 33.8 Å². The van der Waals surface area contributed by atoms with E-state index in [1.165, 1.54) is 7.11 Å². The summed E-state index contributed by atoms with van der Waals surface area (Å²) in [7, 11) is 1.41. The van der Waals surface area contributed by atoms with Gasteiger partial charge in [0.1, 0.15) is 0 Å². The number of nitrogens with one attached hydrogen (secondary N) is 1. The van der Waals surface area contributed by atoms with Gasteiger partial charge in [-0.15, -0.1) is 0 Å². The largest absolute Gasteiger partial charge is 0.465 e. The zero-order valence-electron chi connectivity index (χ0n) is 13.3. The SMILES string of the molecule is COC(=O)c1cccc(NC(CC(C)C)CC(C)C)c1. The summed E-state index contributed by atoms with van der Waals surface area (Å²) in [5, 5.41) is 3.55. The van der Waals surface area contributed by atoms with Gasteiger partial charge in [0.2, 0.25) is 0 Å². The third-order valence-electron chi connectivity index (χ3n) is 3.17. The van der Waals surface area contributed by atoms with Gasteiger partial charge in [0.15, 0.2) is 0 Å². The number of carbonyl (C=O) groups excluding carboxylic acids is 1. The minimum atomic E-state index is -0.294. The number of hydrogen-bond donors (Lipinski definition) is 1. The maximum atomic E-state index is 11.6. The van der Waals surface area contributed by atoms with E-state index in [1.54, 1.807) is 6.07 Å². The highest BCUT2D eigenvalue weighted by atomic mass is 16.5. The number of methoxy groups -OCH3 is 1. The second-order valence-corrected chi connectivity index (χ2v) is 6.17. The van der Waals surface area contributed by atoms with Gasteiger partial charge in [-0.25, -0.2) is 4.79 Å². The van der Waals surface area contributed by atoms with Gasteiger partial charge in [0.25, 0.3) is 0 Å². The van der Waals surface area contributed by atoms with E-state index in [-0.39, 0.29) is 5.97 Å². The lowest BCUT2D eigenvalue weighted by Crippen LogP contribution is -2.23. The van der Waals surface area contributed by atoms with E-state index in [2.05, 4.69) is 33.0 Å². The molecule has 0 heterocycles. The molecule has 20 heavy (non-hydrogen) atoms. The van der Waals surface area contributed by atoms with E-state index in [9.17, 15) is 4.79 Å². The summed E-state index contributed by atoms with van der Waals surface area (Å²) < 4.78 is 4.76. The van der Waals surface area contributed by atoms with Crippen LogP contribution in [-0.4, -0.2) is 19.1 Å². The molecule has 0 unspecified atom stereocenters. The zero-order valence-corrected chi connectivity index (χ0v) is 13.3. The molecule has 0 aliphatic rings. The summed E-state index contributed by atoms with van der Waals surface area (Å²) in [6.45, 7) is 8.94. The van der Waals surface area contributed by atoms with Crippen molar-refractivity contribution in [3.8, 4) is 0 Å². The number of hydrogen-bond acceptors (Lipinski definition) is 3. The van der Waals surface area contributed by atoms with Crippen LogP contribution in [0.3, 0.4) is 0 Å². The van der Waals surface area contributed by atoms with E-state index in [0.29, 0.717) is 23.4 Å². The maximum absolute atomic E-state index is 11.6. The predicted molar refractivity (Wildman–Crippen MR) is 84.1 cm³/mol. The standard InChI is InChI=1S/C17H27NO2/c1-12(2)9-16(10-13(3)4)18-15-8-6-7-14(11-15)17(19)20-5/h6-8,11-13,16,18H,9-10H2,1-5H3. The number of benzene rings is 1. The Morgan fingerprint density at radius 3 is 2.25 bits per heavy atom. The van der Waals surface area contributed by atoms with E-state index in [0.717, 1.165) is 18.5 Å². The summed E-state index contributed by atoms with van der Waals surface area (Å²) in [6.07, 6.45) is 2.25. The highest BCUT2D eigenvalue weighted by Crippen LogP contribution is 2.20. The summed E-state index contributed by atoms with van der Waals surface area (Å²) >= 11 is 0. The fourth-order valence-corrected chi connectivity index (χ4v) is 2.44. The van der Waals surface area contributed by atoms with Gasteiger partial charge in [-0.2, -0.15) is 0 Å². The molecule has 112 valence electrons. The van der Waals surface area contributed by atoms with Gasteiger partial charge in [-0.3, -0.25) is 0 Å². The fourth-order valence-electron chi connectivity index (χ4n) is 2.44. The van der Waals surface area contributed by atoms with Crippen molar-refractivity contribution in [3.05, 3.63) is 29.8 Å². The zero-order chi connectivity index (χ0) is 15.1. The molecule has 0 fully saturated rings. The molecular weight excluding hydrogens is 250 g/mol. The van der Waals surface area contributed by atoms with Crippen LogP contribution in [0, 0.1) is 11.8 Å². The van der Waals surface area contributed by atoms with Crippen LogP contribution < -0.4 is 5.32 Å². The quantitative estimate of drug-likeness (QED) is 0.753. The Morgan fingerprint density at radius 2 is 1.75 bits per heavy atom. The first-order valence-electron chi connectivity index (χ1n) is 7.37. The molecule has 0 aromatic heterocycles. The summed E-state index contributed by atoms with van der Waals surface area (Å²) in [5.41, 5.74) is 1.57. The molecule has 0 amide bonds. The van der Waals surface area contributed by atoms with E-state index in [4.69, 9.17) is 4.74 Å². The second-order valence-electron chi connectivity index (χ2n) is 6.17. The molecule has 0 atom stereocenters. The van der Waals surface area contributed by atoms with Crippen LogP contribution >= 0.6 is 0 Å². The van der Waals surface area contributed by atoms with Crippen LogP contribution in [-0.2, 0) is 4.74 Å². The molecule has 3 heteroatoms. The molecule has 1 aromatic rings. The van der Waals surface area contributed by atoms with Crippen LogP contribution in [0.2, 0.25) is 0 Å². The minimum absolute atomic E-state index is 0.294. The Balaban J connectivity index is 2.79. The summed E-state index contributed by atoms with van der Waals surface area (Å²) in [6, 6.07) is 7.95. The van der Waals surface area contributed by atoms with E-state index in [1.807, 2.05) is 18.2 Å². The van der Waals surface area contributed by atoms with Crippen LogP contribution in [0.4, 0.5) is 5.69 Å². The molecule has 0 saturated heterocycles. The summed E-state index contributed by atoms with van der Waals surface area (Å²) in [4.78, 5) is 11.6. The van der Waals surface area contributed by atoms with Gasteiger partial charge >= 0.3 is 5.97 Å². The Hall–Kier alpha value is -1.51.